The standard InChI is InChI=1S/C22H13N5S/c1-2-4-17-16(3-1)18-12-15-6-5-13(23-15)11-14-7-9-20(24-14)28-21-10-8-19(26-21)27-22(17)25-18/h1-12,23H. The number of benzene rings is 1. The summed E-state index contributed by atoms with van der Waals surface area (Å²) in [4.78, 5) is 22.2. The summed E-state index contributed by atoms with van der Waals surface area (Å²) in [6, 6.07) is 16.3. The predicted molar refractivity (Wildman–Crippen MR) is 114 cm³/mol. The second-order valence-corrected chi connectivity index (χ2v) is 7.63. The lowest BCUT2D eigenvalue weighted by Crippen LogP contribution is -1.84. The zero-order valence-corrected chi connectivity index (χ0v) is 15.4. The van der Waals surface area contributed by atoms with Crippen LogP contribution in [0.25, 0.3) is 58.0 Å². The van der Waals surface area contributed by atoms with E-state index in [1.165, 1.54) is 11.3 Å². The van der Waals surface area contributed by atoms with Crippen molar-refractivity contribution in [3.8, 4) is 22.6 Å². The van der Waals surface area contributed by atoms with Gasteiger partial charge in [-0.1, -0.05) is 35.6 Å². The molecule has 3 aliphatic rings. The van der Waals surface area contributed by atoms with E-state index in [0.717, 1.165) is 43.6 Å². The van der Waals surface area contributed by atoms with Crippen LogP contribution in [0.1, 0.15) is 21.5 Å². The van der Waals surface area contributed by atoms with E-state index in [9.17, 15) is 0 Å². The van der Waals surface area contributed by atoms with Crippen LogP contribution in [0, 0.1) is 0 Å². The van der Waals surface area contributed by atoms with E-state index in [4.69, 9.17) is 9.97 Å². The van der Waals surface area contributed by atoms with Crippen LogP contribution in [-0.4, -0.2) is 24.9 Å². The Bertz CT molecular complexity index is 1370. The lowest BCUT2D eigenvalue weighted by atomic mass is 10.1. The van der Waals surface area contributed by atoms with Crippen molar-refractivity contribution in [3.05, 3.63) is 70.1 Å². The van der Waals surface area contributed by atoms with Gasteiger partial charge in [0.15, 0.2) is 11.6 Å². The van der Waals surface area contributed by atoms with Crippen molar-refractivity contribution in [1.29, 1.82) is 0 Å². The number of nitrogens with zero attached hydrogens (tertiary/aromatic N) is 4. The van der Waals surface area contributed by atoms with Crippen LogP contribution in [0.2, 0.25) is 0 Å². The highest BCUT2D eigenvalue weighted by Gasteiger charge is 2.17. The van der Waals surface area contributed by atoms with Gasteiger partial charge in [0.1, 0.15) is 10.0 Å². The zero-order valence-electron chi connectivity index (χ0n) is 14.6. The molecule has 0 atom stereocenters. The van der Waals surface area contributed by atoms with Crippen LogP contribution in [0.4, 0.5) is 0 Å². The topological polar surface area (TPSA) is 67.3 Å². The fourth-order valence-electron chi connectivity index (χ4n) is 3.40. The highest BCUT2D eigenvalue weighted by Crippen LogP contribution is 2.34. The first-order chi connectivity index (χ1) is 13.8. The number of hydrogen-bond acceptors (Lipinski definition) is 5. The minimum atomic E-state index is 0.657. The van der Waals surface area contributed by atoms with Crippen LogP contribution >= 0.6 is 11.3 Å². The van der Waals surface area contributed by atoms with Gasteiger partial charge in [-0.3, -0.25) is 0 Å². The largest absolute Gasteiger partial charge is 0.355 e. The van der Waals surface area contributed by atoms with Crippen molar-refractivity contribution < 1.29 is 0 Å². The molecule has 0 radical (unpaired) electrons. The Labute approximate surface area is 164 Å². The Morgan fingerprint density at radius 1 is 0.679 bits per heavy atom. The molecule has 6 heteroatoms. The van der Waals surface area contributed by atoms with E-state index in [2.05, 4.69) is 21.0 Å². The third kappa shape index (κ3) is 2.62. The molecule has 0 saturated carbocycles. The second-order valence-electron chi connectivity index (χ2n) is 6.59. The Morgan fingerprint density at radius 3 is 2.39 bits per heavy atom. The van der Waals surface area contributed by atoms with E-state index in [-0.39, 0.29) is 0 Å². The molecule has 2 aromatic heterocycles. The molecular weight excluding hydrogens is 366 g/mol. The monoisotopic (exact) mass is 379 g/mol. The Kier molecular flexibility index (Phi) is 3.27. The lowest BCUT2D eigenvalue weighted by molar-refractivity contribution is 1.16. The van der Waals surface area contributed by atoms with Gasteiger partial charge in [0, 0.05) is 22.2 Å². The molecule has 132 valence electrons. The maximum atomic E-state index is 4.79. The zero-order chi connectivity index (χ0) is 18.5. The van der Waals surface area contributed by atoms with Gasteiger partial charge < -0.3 is 4.98 Å². The summed E-state index contributed by atoms with van der Waals surface area (Å²) in [7, 11) is 0. The molecule has 3 aliphatic heterocycles. The minimum absolute atomic E-state index is 0.657. The average Bonchev–Trinajstić information content (AvgIpc) is 3.47. The number of nitrogens with one attached hydrogen (secondary N) is 1. The molecule has 3 aromatic rings. The van der Waals surface area contributed by atoms with Crippen LogP contribution in [-0.2, 0) is 0 Å². The molecule has 28 heavy (non-hydrogen) atoms. The van der Waals surface area contributed by atoms with E-state index in [1.807, 2.05) is 66.8 Å². The molecular formula is C22H13N5S. The second kappa shape index (κ2) is 5.94. The molecule has 0 spiro atoms. The van der Waals surface area contributed by atoms with Gasteiger partial charge in [-0.25, -0.2) is 19.9 Å². The quantitative estimate of drug-likeness (QED) is 0.392. The highest BCUT2D eigenvalue weighted by molar-refractivity contribution is 7.12. The maximum absolute atomic E-state index is 4.79. The summed E-state index contributed by atoms with van der Waals surface area (Å²) < 4.78 is 0. The van der Waals surface area contributed by atoms with Crippen molar-refractivity contribution >= 4 is 46.7 Å². The van der Waals surface area contributed by atoms with Gasteiger partial charge in [0.05, 0.1) is 11.4 Å². The molecule has 8 bridgehead atoms. The van der Waals surface area contributed by atoms with Crippen molar-refractivity contribution in [3.63, 3.8) is 0 Å². The molecule has 0 aliphatic carbocycles. The molecule has 0 saturated heterocycles. The van der Waals surface area contributed by atoms with Crippen molar-refractivity contribution in [2.24, 2.45) is 0 Å². The molecule has 6 rings (SSSR count). The summed E-state index contributed by atoms with van der Waals surface area (Å²) in [5.41, 5.74) is 5.90. The predicted octanol–water partition coefficient (Wildman–Crippen LogP) is 5.24. The fourth-order valence-corrected chi connectivity index (χ4v) is 4.18. The smallest absolute Gasteiger partial charge is 0.162 e. The van der Waals surface area contributed by atoms with Gasteiger partial charge in [0.2, 0.25) is 0 Å². The number of aromatic amines is 1. The number of H-pyrrole nitrogens is 1. The summed E-state index contributed by atoms with van der Waals surface area (Å²) >= 11 is 1.53. The van der Waals surface area contributed by atoms with Gasteiger partial charge in [-0.2, -0.15) is 0 Å². The molecule has 0 unspecified atom stereocenters. The van der Waals surface area contributed by atoms with Crippen LogP contribution in [0.3, 0.4) is 0 Å². The van der Waals surface area contributed by atoms with E-state index < -0.39 is 0 Å². The molecule has 5 nitrogen and oxygen atoms in total. The summed E-state index contributed by atoms with van der Waals surface area (Å²) in [6.07, 6.45) is 7.90. The number of aromatic nitrogens is 5. The number of rotatable bonds is 0. The van der Waals surface area contributed by atoms with Gasteiger partial charge in [0.25, 0.3) is 0 Å². The Morgan fingerprint density at radius 2 is 1.46 bits per heavy atom. The van der Waals surface area contributed by atoms with Gasteiger partial charge >= 0.3 is 0 Å². The Balaban J connectivity index is 1.71. The minimum Gasteiger partial charge on any atom is -0.355 e. The summed E-state index contributed by atoms with van der Waals surface area (Å²) in [6.45, 7) is 0. The maximum Gasteiger partial charge on any atom is 0.162 e. The van der Waals surface area contributed by atoms with E-state index >= 15 is 0 Å². The average molecular weight is 379 g/mol. The molecule has 0 amide bonds. The van der Waals surface area contributed by atoms with Crippen LogP contribution in [0.15, 0.2) is 48.5 Å². The van der Waals surface area contributed by atoms with Crippen molar-refractivity contribution in [2.75, 3.05) is 0 Å². The van der Waals surface area contributed by atoms with Gasteiger partial charge in [-0.15, -0.1) is 0 Å². The molecule has 0 fully saturated rings. The highest BCUT2D eigenvalue weighted by atomic mass is 32.1. The first-order valence-corrected chi connectivity index (χ1v) is 9.73. The fraction of sp³-hybridized carbons (Fsp3) is 0. The number of hydrogen-bond donors (Lipinski definition) is 1. The molecule has 1 N–H and O–H groups in total. The normalized spacial score (nSPS) is 12.7. The first-order valence-electron chi connectivity index (χ1n) is 8.91. The molecule has 5 heterocycles. The first kappa shape index (κ1) is 15.4. The summed E-state index contributed by atoms with van der Waals surface area (Å²) in [5.74, 6) is 1.35. The van der Waals surface area contributed by atoms with Crippen LogP contribution < -0.4 is 0 Å². The Hall–Kier alpha value is -3.64. The van der Waals surface area contributed by atoms with Crippen molar-refractivity contribution in [1.82, 2.24) is 24.9 Å². The third-order valence-corrected chi connectivity index (χ3v) is 5.54. The van der Waals surface area contributed by atoms with E-state index in [1.54, 1.807) is 0 Å². The summed E-state index contributed by atoms with van der Waals surface area (Å²) in [5, 5.41) is 1.79. The van der Waals surface area contributed by atoms with Crippen molar-refractivity contribution in [2.45, 2.75) is 0 Å². The third-order valence-electron chi connectivity index (χ3n) is 4.66. The molecule has 1 aromatic carbocycles. The number of fused-ring (bicyclic) bond motifs is 11. The van der Waals surface area contributed by atoms with Crippen LogP contribution in [0.5, 0.6) is 0 Å². The lowest BCUT2D eigenvalue weighted by Gasteiger charge is -1.96. The van der Waals surface area contributed by atoms with Gasteiger partial charge in [-0.05, 0) is 48.6 Å². The SMILES string of the molecule is C1=Cc2nc1cc1ccc(cc3nc(nc4nc(s2)C=C4)-c2ccccc2-3)[nH]1. The van der Waals surface area contributed by atoms with E-state index in [0.29, 0.717) is 11.6 Å².